The minimum Gasteiger partial charge on any atom is -0.359 e. The van der Waals surface area contributed by atoms with E-state index in [1.807, 2.05) is 18.9 Å². The summed E-state index contributed by atoms with van der Waals surface area (Å²) < 4.78 is 0. The van der Waals surface area contributed by atoms with E-state index in [1.165, 1.54) is 0 Å². The summed E-state index contributed by atoms with van der Waals surface area (Å²) in [6.45, 7) is 2.90. The Labute approximate surface area is 82.9 Å². The van der Waals surface area contributed by atoms with Gasteiger partial charge in [-0.3, -0.25) is 0 Å². The maximum absolute atomic E-state index is 5.93. The topological polar surface area (TPSA) is 41.1 Å². The van der Waals surface area contributed by atoms with Crippen LogP contribution >= 0.6 is 11.6 Å². The average Bonchev–Trinajstić information content (AvgIpc) is 2.17. The predicted molar refractivity (Wildman–Crippen MR) is 55.5 cm³/mol. The summed E-state index contributed by atoms with van der Waals surface area (Å²) in [4.78, 5) is 10.2. The van der Waals surface area contributed by atoms with E-state index in [0.717, 1.165) is 12.4 Å². The third kappa shape index (κ3) is 2.21. The second-order valence-electron chi connectivity index (χ2n) is 2.63. The van der Waals surface area contributed by atoms with E-state index in [9.17, 15) is 0 Å². The first-order valence-electron chi connectivity index (χ1n) is 4.10. The molecule has 72 valence electrons. The van der Waals surface area contributed by atoms with Crippen molar-refractivity contribution in [2.45, 2.75) is 6.92 Å². The van der Waals surface area contributed by atoms with Crippen molar-refractivity contribution in [3.63, 3.8) is 0 Å². The number of nitrogens with one attached hydrogen (secondary N) is 1. The molecule has 0 bridgehead atoms. The molecular formula is C8H13ClN4. The summed E-state index contributed by atoms with van der Waals surface area (Å²) in [6.07, 6.45) is 1.60. The summed E-state index contributed by atoms with van der Waals surface area (Å²) in [5.41, 5.74) is 0. The highest BCUT2D eigenvalue weighted by molar-refractivity contribution is 6.32. The Morgan fingerprint density at radius 1 is 1.62 bits per heavy atom. The molecule has 4 nitrogen and oxygen atoms in total. The molecule has 0 saturated heterocycles. The van der Waals surface area contributed by atoms with E-state index in [4.69, 9.17) is 11.6 Å². The largest absolute Gasteiger partial charge is 0.359 e. The third-order valence-electron chi connectivity index (χ3n) is 1.79. The fourth-order valence-electron chi connectivity index (χ4n) is 0.896. The lowest BCUT2D eigenvalue weighted by molar-refractivity contribution is 0.930. The van der Waals surface area contributed by atoms with Gasteiger partial charge in [0.15, 0.2) is 5.82 Å². The van der Waals surface area contributed by atoms with Crippen LogP contribution in [0.25, 0.3) is 0 Å². The summed E-state index contributed by atoms with van der Waals surface area (Å²) in [7, 11) is 3.71. The zero-order valence-corrected chi connectivity index (χ0v) is 8.76. The van der Waals surface area contributed by atoms with Gasteiger partial charge in [0.2, 0.25) is 5.95 Å². The quantitative estimate of drug-likeness (QED) is 0.806. The molecule has 0 aliphatic carbocycles. The van der Waals surface area contributed by atoms with Crippen LogP contribution in [0.5, 0.6) is 0 Å². The zero-order chi connectivity index (χ0) is 9.84. The Bertz CT molecular complexity index is 289. The molecule has 0 radical (unpaired) electrons. The molecule has 0 unspecified atom stereocenters. The van der Waals surface area contributed by atoms with Crippen LogP contribution in [0, 0.1) is 0 Å². The molecule has 0 aliphatic heterocycles. The maximum Gasteiger partial charge on any atom is 0.224 e. The summed E-state index contributed by atoms with van der Waals surface area (Å²) >= 11 is 5.93. The molecule has 0 aromatic carbocycles. The van der Waals surface area contributed by atoms with E-state index < -0.39 is 0 Å². The van der Waals surface area contributed by atoms with Gasteiger partial charge in [-0.25, -0.2) is 4.98 Å². The number of hydrogen-bond acceptors (Lipinski definition) is 4. The number of nitrogens with zero attached hydrogens (tertiary/aromatic N) is 3. The Morgan fingerprint density at radius 2 is 2.31 bits per heavy atom. The molecule has 1 N–H and O–H groups in total. The predicted octanol–water partition coefficient (Wildman–Crippen LogP) is 1.63. The number of aromatic nitrogens is 2. The van der Waals surface area contributed by atoms with E-state index >= 15 is 0 Å². The van der Waals surface area contributed by atoms with Gasteiger partial charge in [0.25, 0.3) is 0 Å². The summed E-state index contributed by atoms with van der Waals surface area (Å²) in [5, 5.41) is 3.44. The Kier molecular flexibility index (Phi) is 3.31. The molecule has 0 saturated carbocycles. The second kappa shape index (κ2) is 4.28. The zero-order valence-electron chi connectivity index (χ0n) is 8.00. The van der Waals surface area contributed by atoms with Crippen LogP contribution in [-0.2, 0) is 0 Å². The minimum absolute atomic E-state index is 0.573. The third-order valence-corrected chi connectivity index (χ3v) is 2.05. The SMILES string of the molecule is CCN(C)c1nc(NC)ncc1Cl. The first kappa shape index (κ1) is 10.1. The van der Waals surface area contributed by atoms with E-state index in [1.54, 1.807) is 13.2 Å². The minimum atomic E-state index is 0.573. The lowest BCUT2D eigenvalue weighted by Gasteiger charge is -2.16. The lowest BCUT2D eigenvalue weighted by Crippen LogP contribution is -2.18. The molecule has 13 heavy (non-hydrogen) atoms. The van der Waals surface area contributed by atoms with Crippen molar-refractivity contribution in [2.24, 2.45) is 0 Å². The van der Waals surface area contributed by atoms with Crippen LogP contribution in [0.3, 0.4) is 0 Å². The molecule has 0 aliphatic rings. The van der Waals surface area contributed by atoms with Gasteiger partial charge in [-0.15, -0.1) is 0 Å². The van der Waals surface area contributed by atoms with E-state index in [0.29, 0.717) is 11.0 Å². The normalized spacial score (nSPS) is 9.85. The van der Waals surface area contributed by atoms with Crippen LogP contribution in [0.1, 0.15) is 6.92 Å². The fraction of sp³-hybridized carbons (Fsp3) is 0.500. The van der Waals surface area contributed by atoms with Gasteiger partial charge < -0.3 is 10.2 Å². The Balaban J connectivity index is 3.03. The maximum atomic E-state index is 5.93. The number of rotatable bonds is 3. The molecule has 1 rings (SSSR count). The highest BCUT2D eigenvalue weighted by Gasteiger charge is 2.07. The highest BCUT2D eigenvalue weighted by atomic mass is 35.5. The number of hydrogen-bond donors (Lipinski definition) is 1. The van der Waals surface area contributed by atoms with Gasteiger partial charge in [0.05, 0.1) is 6.20 Å². The van der Waals surface area contributed by atoms with Crippen molar-refractivity contribution in [3.05, 3.63) is 11.2 Å². The van der Waals surface area contributed by atoms with Crippen molar-refractivity contribution in [2.75, 3.05) is 30.9 Å². The van der Waals surface area contributed by atoms with Crippen molar-refractivity contribution >= 4 is 23.4 Å². The monoisotopic (exact) mass is 200 g/mol. The van der Waals surface area contributed by atoms with Gasteiger partial charge in [-0.2, -0.15) is 4.98 Å². The molecule has 0 fully saturated rings. The first-order valence-corrected chi connectivity index (χ1v) is 4.48. The Hall–Kier alpha value is -1.03. The van der Waals surface area contributed by atoms with E-state index in [2.05, 4.69) is 15.3 Å². The Morgan fingerprint density at radius 3 is 2.85 bits per heavy atom. The summed E-state index contributed by atoms with van der Waals surface area (Å²) in [6, 6.07) is 0. The average molecular weight is 201 g/mol. The highest BCUT2D eigenvalue weighted by Crippen LogP contribution is 2.21. The van der Waals surface area contributed by atoms with Gasteiger partial charge in [0, 0.05) is 20.6 Å². The van der Waals surface area contributed by atoms with Gasteiger partial charge >= 0.3 is 0 Å². The molecule has 0 spiro atoms. The van der Waals surface area contributed by atoms with Crippen molar-refractivity contribution < 1.29 is 0 Å². The fourth-order valence-corrected chi connectivity index (χ4v) is 1.13. The van der Waals surface area contributed by atoms with Crippen LogP contribution in [0.4, 0.5) is 11.8 Å². The molecule has 0 atom stereocenters. The van der Waals surface area contributed by atoms with Gasteiger partial charge in [-0.05, 0) is 6.92 Å². The molecule has 1 aromatic heterocycles. The van der Waals surface area contributed by atoms with Crippen molar-refractivity contribution in [1.29, 1.82) is 0 Å². The standard InChI is InChI=1S/C8H13ClN4/c1-4-13(3)7-6(9)5-11-8(10-2)12-7/h5H,4H2,1-3H3,(H,10,11,12). The lowest BCUT2D eigenvalue weighted by atomic mass is 10.5. The van der Waals surface area contributed by atoms with Crippen LogP contribution < -0.4 is 10.2 Å². The van der Waals surface area contributed by atoms with Crippen molar-refractivity contribution in [3.8, 4) is 0 Å². The molecule has 5 heteroatoms. The molecule has 0 amide bonds. The smallest absolute Gasteiger partial charge is 0.224 e. The molecule has 1 heterocycles. The van der Waals surface area contributed by atoms with Crippen LogP contribution in [0.2, 0.25) is 5.02 Å². The first-order chi connectivity index (χ1) is 6.19. The summed E-state index contributed by atoms with van der Waals surface area (Å²) in [5.74, 6) is 1.34. The molecule has 1 aromatic rings. The van der Waals surface area contributed by atoms with E-state index in [-0.39, 0.29) is 0 Å². The molecular weight excluding hydrogens is 188 g/mol. The van der Waals surface area contributed by atoms with Crippen LogP contribution in [0.15, 0.2) is 6.20 Å². The van der Waals surface area contributed by atoms with Crippen LogP contribution in [-0.4, -0.2) is 30.6 Å². The number of halogens is 1. The second-order valence-corrected chi connectivity index (χ2v) is 3.04. The van der Waals surface area contributed by atoms with Crippen molar-refractivity contribution in [1.82, 2.24) is 9.97 Å². The van der Waals surface area contributed by atoms with Gasteiger partial charge in [-0.1, -0.05) is 11.6 Å². The van der Waals surface area contributed by atoms with Gasteiger partial charge in [0.1, 0.15) is 5.02 Å². The number of anilines is 2.